The number of hydrogen-bond donors (Lipinski definition) is 0. The van der Waals surface area contributed by atoms with Gasteiger partial charge in [0.15, 0.2) is 11.5 Å². The van der Waals surface area contributed by atoms with Gasteiger partial charge in [-0.3, -0.25) is 0 Å². The first-order chi connectivity index (χ1) is 27.2. The Labute approximate surface area is 346 Å². The number of benzene rings is 5. The highest BCUT2D eigenvalue weighted by atomic mass is 16.5. The van der Waals surface area contributed by atoms with Crippen molar-refractivity contribution >= 4 is 68.4 Å². The molecule has 0 saturated carbocycles. The van der Waals surface area contributed by atoms with Gasteiger partial charge < -0.3 is 23.7 Å². The smallest absolute Gasteiger partial charge is 0.297 e. The average Bonchev–Trinajstić information content (AvgIpc) is 3.34. The summed E-state index contributed by atoms with van der Waals surface area (Å²) in [7, 11) is 0. The molecule has 9 rings (SSSR count). The van der Waals surface area contributed by atoms with Crippen molar-refractivity contribution in [2.24, 2.45) is 0 Å². The number of rotatable bonds is 2. The van der Waals surface area contributed by atoms with Crippen molar-refractivity contribution in [2.45, 2.75) is 120 Å². The number of fused-ring (bicyclic) bond motifs is 7. The van der Waals surface area contributed by atoms with Crippen LogP contribution in [0.25, 0.3) is 11.0 Å². The number of anilines is 6. The van der Waals surface area contributed by atoms with Crippen LogP contribution < -0.4 is 35.9 Å². The molecule has 6 heteroatoms. The summed E-state index contributed by atoms with van der Waals surface area (Å²) in [5.41, 5.74) is 21.3. The quantitative estimate of drug-likeness (QED) is 0.164. The van der Waals surface area contributed by atoms with Crippen LogP contribution in [0, 0.1) is 34.6 Å². The van der Waals surface area contributed by atoms with Crippen molar-refractivity contribution in [1.82, 2.24) is 0 Å². The maximum absolute atomic E-state index is 7.31. The van der Waals surface area contributed by atoms with Crippen LogP contribution >= 0.6 is 0 Å². The number of nitrogens with zero attached hydrogens (tertiary/aromatic N) is 2. The Morgan fingerprint density at radius 1 is 0.552 bits per heavy atom. The van der Waals surface area contributed by atoms with Crippen molar-refractivity contribution in [3.05, 3.63) is 111 Å². The summed E-state index contributed by atoms with van der Waals surface area (Å²) in [6.07, 6.45) is 0.861. The van der Waals surface area contributed by atoms with Crippen molar-refractivity contribution in [3.8, 4) is 11.5 Å². The normalized spacial score (nSPS) is 15.0. The molecule has 0 aliphatic carbocycles. The Morgan fingerprint density at radius 3 is 1.79 bits per heavy atom. The summed E-state index contributed by atoms with van der Waals surface area (Å²) in [6.45, 7) is 33.1. The third-order valence-electron chi connectivity index (χ3n) is 12.8. The Balaban J connectivity index is 1.43. The van der Waals surface area contributed by atoms with E-state index in [1.54, 1.807) is 0 Å². The molecule has 0 saturated heterocycles. The molecule has 0 radical (unpaired) electrons. The molecular weight excluding hydrogens is 711 g/mol. The lowest BCUT2D eigenvalue weighted by atomic mass is 9.35. The SMILES string of the molecule is Cc1cc2c3c(c1)N(c1c(C)cc(C(C)(C)C)cc1C)c1c(oc4ccc(C(C)(C)C)cc14)B3c1cc(C(C)(C)C)ccc1N2c1c(C)cc2c(c1C)OCCCO2. The molecule has 0 spiro atoms. The number of furan rings is 1. The number of aryl methyl sites for hydroxylation is 4. The van der Waals surface area contributed by atoms with E-state index in [9.17, 15) is 0 Å². The summed E-state index contributed by atoms with van der Waals surface area (Å²) < 4.78 is 20.1. The maximum atomic E-state index is 7.31. The Bertz CT molecular complexity index is 2660. The summed E-state index contributed by atoms with van der Waals surface area (Å²) in [5.74, 6) is 1.67. The molecule has 3 aliphatic heterocycles. The van der Waals surface area contributed by atoms with Crippen molar-refractivity contribution in [2.75, 3.05) is 23.0 Å². The molecule has 58 heavy (non-hydrogen) atoms. The zero-order valence-corrected chi connectivity index (χ0v) is 37.2. The fraction of sp³-hybridized carbons (Fsp3) is 0.385. The van der Waals surface area contributed by atoms with E-state index >= 15 is 0 Å². The highest BCUT2D eigenvalue weighted by Crippen LogP contribution is 2.52. The van der Waals surface area contributed by atoms with E-state index in [1.807, 2.05) is 0 Å². The van der Waals surface area contributed by atoms with E-state index in [1.165, 1.54) is 67.1 Å². The molecule has 0 bridgehead atoms. The van der Waals surface area contributed by atoms with Crippen LogP contribution in [0.15, 0.2) is 71.1 Å². The Morgan fingerprint density at radius 2 is 1.14 bits per heavy atom. The van der Waals surface area contributed by atoms with Gasteiger partial charge in [0.25, 0.3) is 6.71 Å². The van der Waals surface area contributed by atoms with Crippen LogP contribution in [0.3, 0.4) is 0 Å². The largest absolute Gasteiger partial charge is 0.490 e. The highest BCUT2D eigenvalue weighted by molar-refractivity contribution is 7.00. The van der Waals surface area contributed by atoms with Crippen LogP contribution in [0.2, 0.25) is 0 Å². The third kappa shape index (κ3) is 5.87. The molecule has 298 valence electrons. The molecule has 4 heterocycles. The number of hydrogen-bond acceptors (Lipinski definition) is 5. The maximum Gasteiger partial charge on any atom is 0.297 e. The standard InChI is InChI=1S/C52H59BN2O3/c1-29-22-40-44-41(23-29)55(45-30(2)24-36(25-31(45)3)52(12,13)14)47-37-27-34(50(6,7)8)17-19-42(37)58-49(47)53(44)38-28-35(51(9,10)11)16-18-39(38)54(40)46-32(4)26-43-48(33(46)5)57-21-15-20-56-43/h16-19,22-28H,15,20-21H2,1-14H3. The van der Waals surface area contributed by atoms with Gasteiger partial charge in [0.1, 0.15) is 5.58 Å². The van der Waals surface area contributed by atoms with Crippen molar-refractivity contribution < 1.29 is 13.9 Å². The van der Waals surface area contributed by atoms with Crippen molar-refractivity contribution in [3.63, 3.8) is 0 Å². The second-order valence-corrected chi connectivity index (χ2v) is 20.4. The molecule has 0 N–H and O–H groups in total. The fourth-order valence-electron chi connectivity index (χ4n) is 9.74. The molecule has 0 atom stereocenters. The predicted octanol–water partition coefficient (Wildman–Crippen LogP) is 12.1. The van der Waals surface area contributed by atoms with E-state index in [2.05, 4.69) is 173 Å². The first-order valence-corrected chi connectivity index (χ1v) is 21.2. The van der Waals surface area contributed by atoms with Crippen LogP contribution in [-0.2, 0) is 16.2 Å². The minimum Gasteiger partial charge on any atom is -0.490 e. The van der Waals surface area contributed by atoms with Gasteiger partial charge in [-0.2, -0.15) is 0 Å². The molecule has 3 aliphatic rings. The summed E-state index contributed by atoms with van der Waals surface area (Å²) in [4.78, 5) is 5.09. The molecule has 6 aromatic rings. The Kier molecular flexibility index (Phi) is 8.58. The second kappa shape index (κ2) is 13.0. The van der Waals surface area contributed by atoms with Gasteiger partial charge in [-0.1, -0.05) is 92.6 Å². The second-order valence-electron chi connectivity index (χ2n) is 20.4. The van der Waals surface area contributed by atoms with Crippen molar-refractivity contribution in [1.29, 1.82) is 0 Å². The summed E-state index contributed by atoms with van der Waals surface area (Å²) in [5, 5.41) is 1.15. The molecule has 5 aromatic carbocycles. The molecule has 0 fully saturated rings. The minimum absolute atomic E-state index is 0.0198. The van der Waals surface area contributed by atoms with Crippen LogP contribution in [0.1, 0.15) is 113 Å². The van der Waals surface area contributed by atoms with Gasteiger partial charge in [0, 0.05) is 34.4 Å². The fourth-order valence-corrected chi connectivity index (χ4v) is 9.74. The Hall–Kier alpha value is -5.10. The topological polar surface area (TPSA) is 38.1 Å². The van der Waals surface area contributed by atoms with Gasteiger partial charge in [-0.05, 0) is 137 Å². The zero-order chi connectivity index (χ0) is 41.4. The van der Waals surface area contributed by atoms with Gasteiger partial charge in [-0.15, -0.1) is 0 Å². The highest BCUT2D eigenvalue weighted by Gasteiger charge is 2.48. The predicted molar refractivity (Wildman–Crippen MR) is 246 cm³/mol. The van der Waals surface area contributed by atoms with Crippen LogP contribution in [0.4, 0.5) is 34.1 Å². The van der Waals surface area contributed by atoms with Gasteiger partial charge in [0.05, 0.1) is 35.9 Å². The van der Waals surface area contributed by atoms with Gasteiger partial charge in [-0.25, -0.2) is 0 Å². The lowest BCUT2D eigenvalue weighted by Crippen LogP contribution is -2.61. The summed E-state index contributed by atoms with van der Waals surface area (Å²) in [6, 6.07) is 25.8. The molecular formula is C52H59BN2O3. The van der Waals surface area contributed by atoms with E-state index in [4.69, 9.17) is 13.9 Å². The van der Waals surface area contributed by atoms with Gasteiger partial charge in [0.2, 0.25) is 0 Å². The summed E-state index contributed by atoms with van der Waals surface area (Å²) >= 11 is 0. The number of ether oxygens (including phenoxy) is 2. The lowest BCUT2D eigenvalue weighted by Gasteiger charge is -2.44. The van der Waals surface area contributed by atoms with E-state index < -0.39 is 0 Å². The van der Waals surface area contributed by atoms with Gasteiger partial charge >= 0.3 is 0 Å². The molecule has 0 unspecified atom stereocenters. The minimum atomic E-state index is -0.133. The first kappa shape index (κ1) is 38.4. The molecule has 0 amide bonds. The van der Waals surface area contributed by atoms with E-state index in [0.29, 0.717) is 13.2 Å². The van der Waals surface area contributed by atoms with Crippen LogP contribution in [0.5, 0.6) is 11.5 Å². The lowest BCUT2D eigenvalue weighted by molar-refractivity contribution is 0.296. The van der Waals surface area contributed by atoms with Crippen LogP contribution in [-0.4, -0.2) is 19.9 Å². The average molecular weight is 771 g/mol. The van der Waals surface area contributed by atoms with E-state index in [0.717, 1.165) is 57.1 Å². The van der Waals surface area contributed by atoms with E-state index in [-0.39, 0.29) is 23.0 Å². The molecule has 5 nitrogen and oxygen atoms in total. The third-order valence-corrected chi connectivity index (χ3v) is 12.8. The molecule has 1 aromatic heterocycles. The first-order valence-electron chi connectivity index (χ1n) is 21.2. The monoisotopic (exact) mass is 770 g/mol. The zero-order valence-electron chi connectivity index (χ0n) is 37.2.